The topological polar surface area (TPSA) is 61.5 Å². The Hall–Kier alpha value is -1.47. The molecule has 1 aliphatic heterocycles. The largest absolute Gasteiger partial charge is 0.460 e. The number of carbonyl (C=O) groups excluding carboxylic acids is 1. The molecule has 126 valence electrons. The lowest BCUT2D eigenvalue weighted by Gasteiger charge is -2.14. The van der Waals surface area contributed by atoms with Gasteiger partial charge in [0.05, 0.1) is 6.61 Å². The van der Waals surface area contributed by atoms with Gasteiger partial charge in [-0.15, -0.1) is 0 Å². The van der Waals surface area contributed by atoms with Crippen molar-refractivity contribution in [3.8, 4) is 0 Å². The molecule has 2 N–H and O–H groups in total. The first-order chi connectivity index (χ1) is 11.7. The second-order valence-corrected chi connectivity index (χ2v) is 7.84. The molecule has 0 unspecified atom stereocenters. The molecule has 3 rings (SSSR count). The van der Waals surface area contributed by atoms with E-state index in [1.807, 2.05) is 42.5 Å². The van der Waals surface area contributed by atoms with Crippen molar-refractivity contribution in [3.63, 3.8) is 0 Å². The standard InChI is InChI=1S/C18H19NO3S2/c19-14(17(20)22-12-13-6-2-1-3-7-13)10-11-21-18-23-15-8-4-5-9-16(15)24-18/h1-9,14,18H,10-12,19H2/t14-/m0/s1. The number of hydrogen-bond donors (Lipinski definition) is 1. The molecule has 0 radical (unpaired) electrons. The minimum Gasteiger partial charge on any atom is -0.460 e. The second kappa shape index (κ2) is 8.58. The van der Waals surface area contributed by atoms with Gasteiger partial charge in [0.15, 0.2) is 4.77 Å². The van der Waals surface area contributed by atoms with Gasteiger partial charge in [0, 0.05) is 9.79 Å². The Labute approximate surface area is 150 Å². The van der Waals surface area contributed by atoms with Gasteiger partial charge in [-0.25, -0.2) is 0 Å². The third kappa shape index (κ3) is 4.77. The Kier molecular flexibility index (Phi) is 6.20. The fourth-order valence-corrected chi connectivity index (χ4v) is 4.72. The lowest BCUT2D eigenvalue weighted by molar-refractivity contribution is -0.147. The normalized spacial score (nSPS) is 15.0. The molecule has 0 amide bonds. The summed E-state index contributed by atoms with van der Waals surface area (Å²) in [4.78, 5) is 14.4. The highest BCUT2D eigenvalue weighted by Crippen LogP contribution is 2.47. The molecule has 0 spiro atoms. The summed E-state index contributed by atoms with van der Waals surface area (Å²) in [5.74, 6) is -0.391. The minimum atomic E-state index is -0.660. The highest BCUT2D eigenvalue weighted by atomic mass is 32.2. The lowest BCUT2D eigenvalue weighted by atomic mass is 10.2. The van der Waals surface area contributed by atoms with Crippen LogP contribution in [0.25, 0.3) is 0 Å². The summed E-state index contributed by atoms with van der Waals surface area (Å²) in [6, 6.07) is 17.1. The van der Waals surface area contributed by atoms with Gasteiger partial charge in [0.2, 0.25) is 0 Å². The SMILES string of the molecule is N[C@@H](CCOC1Sc2ccccc2S1)C(=O)OCc1ccccc1. The van der Waals surface area contributed by atoms with Crippen LogP contribution in [0.2, 0.25) is 0 Å². The molecule has 1 aliphatic rings. The fraction of sp³-hybridized carbons (Fsp3) is 0.278. The quantitative estimate of drug-likeness (QED) is 0.760. The molecular weight excluding hydrogens is 342 g/mol. The van der Waals surface area contributed by atoms with Gasteiger partial charge in [-0.2, -0.15) is 0 Å². The molecule has 0 bridgehead atoms. The van der Waals surface area contributed by atoms with Crippen LogP contribution in [0.4, 0.5) is 0 Å². The van der Waals surface area contributed by atoms with E-state index in [9.17, 15) is 4.79 Å². The number of benzene rings is 2. The van der Waals surface area contributed by atoms with E-state index < -0.39 is 12.0 Å². The zero-order valence-electron chi connectivity index (χ0n) is 13.1. The van der Waals surface area contributed by atoms with Gasteiger partial charge in [-0.3, -0.25) is 4.79 Å². The molecule has 24 heavy (non-hydrogen) atoms. The number of hydrogen-bond acceptors (Lipinski definition) is 6. The van der Waals surface area contributed by atoms with Crippen molar-refractivity contribution in [2.75, 3.05) is 6.61 Å². The van der Waals surface area contributed by atoms with Crippen molar-refractivity contribution in [2.24, 2.45) is 5.73 Å². The minimum absolute atomic E-state index is 0.0231. The molecule has 0 fully saturated rings. The van der Waals surface area contributed by atoms with Crippen LogP contribution >= 0.6 is 23.5 Å². The average molecular weight is 361 g/mol. The fourth-order valence-electron chi connectivity index (χ4n) is 2.19. The molecule has 0 saturated heterocycles. The number of ether oxygens (including phenoxy) is 2. The molecule has 2 aromatic carbocycles. The van der Waals surface area contributed by atoms with Gasteiger partial charge in [-0.1, -0.05) is 66.0 Å². The van der Waals surface area contributed by atoms with Crippen LogP contribution in [-0.2, 0) is 20.9 Å². The Bertz CT molecular complexity index is 656. The third-order valence-corrected chi connectivity index (χ3v) is 6.09. The van der Waals surface area contributed by atoms with E-state index in [-0.39, 0.29) is 11.4 Å². The molecule has 6 heteroatoms. The molecule has 1 atom stereocenters. The number of carbonyl (C=O) groups is 1. The van der Waals surface area contributed by atoms with Gasteiger partial charge >= 0.3 is 5.97 Å². The van der Waals surface area contributed by atoms with Crippen molar-refractivity contribution in [3.05, 3.63) is 60.2 Å². The van der Waals surface area contributed by atoms with E-state index in [2.05, 4.69) is 12.1 Å². The van der Waals surface area contributed by atoms with Gasteiger partial charge in [0.25, 0.3) is 0 Å². The van der Waals surface area contributed by atoms with E-state index in [0.29, 0.717) is 13.0 Å². The number of rotatable bonds is 7. The number of esters is 1. The molecule has 2 aromatic rings. The number of nitrogens with two attached hydrogens (primary N) is 1. The highest BCUT2D eigenvalue weighted by molar-refractivity contribution is 8.19. The van der Waals surface area contributed by atoms with E-state index in [0.717, 1.165) is 5.56 Å². The summed E-state index contributed by atoms with van der Waals surface area (Å²) in [5, 5.41) is 0. The number of fused-ring (bicyclic) bond motifs is 1. The zero-order valence-corrected chi connectivity index (χ0v) is 14.7. The van der Waals surface area contributed by atoms with Crippen LogP contribution in [0.1, 0.15) is 12.0 Å². The van der Waals surface area contributed by atoms with Crippen molar-refractivity contribution in [2.45, 2.75) is 33.6 Å². The van der Waals surface area contributed by atoms with Gasteiger partial charge in [0.1, 0.15) is 12.6 Å². The first kappa shape index (κ1) is 17.4. The molecule has 1 heterocycles. The Morgan fingerprint density at radius 2 is 1.67 bits per heavy atom. The maximum atomic E-state index is 11.9. The van der Waals surface area contributed by atoms with Gasteiger partial charge < -0.3 is 15.2 Å². The first-order valence-corrected chi connectivity index (χ1v) is 9.48. The predicted molar refractivity (Wildman–Crippen MR) is 96.7 cm³/mol. The van der Waals surface area contributed by atoms with Crippen molar-refractivity contribution in [1.82, 2.24) is 0 Å². The molecule has 0 aliphatic carbocycles. The summed E-state index contributed by atoms with van der Waals surface area (Å²) in [6.07, 6.45) is 0.446. The van der Waals surface area contributed by atoms with E-state index >= 15 is 0 Å². The lowest BCUT2D eigenvalue weighted by Crippen LogP contribution is -2.33. The Balaban J connectivity index is 1.35. The Morgan fingerprint density at radius 3 is 2.33 bits per heavy atom. The summed E-state index contributed by atoms with van der Waals surface area (Å²) in [6.45, 7) is 0.679. The molecular formula is C18H19NO3S2. The van der Waals surface area contributed by atoms with Crippen LogP contribution in [-0.4, -0.2) is 23.4 Å². The Morgan fingerprint density at radius 1 is 1.04 bits per heavy atom. The highest BCUT2D eigenvalue weighted by Gasteiger charge is 2.24. The molecule has 0 aromatic heterocycles. The van der Waals surface area contributed by atoms with E-state index in [4.69, 9.17) is 15.2 Å². The van der Waals surface area contributed by atoms with Crippen LogP contribution in [0.15, 0.2) is 64.4 Å². The molecule has 0 saturated carbocycles. The summed E-state index contributed by atoms with van der Waals surface area (Å²) >= 11 is 3.38. The van der Waals surface area contributed by atoms with Crippen molar-refractivity contribution < 1.29 is 14.3 Å². The summed E-state index contributed by atoms with van der Waals surface area (Å²) < 4.78 is 11.1. The van der Waals surface area contributed by atoms with Crippen molar-refractivity contribution >= 4 is 29.5 Å². The molecule has 4 nitrogen and oxygen atoms in total. The second-order valence-electron chi connectivity index (χ2n) is 5.33. The van der Waals surface area contributed by atoms with E-state index in [1.165, 1.54) is 9.79 Å². The van der Waals surface area contributed by atoms with Crippen LogP contribution in [0.3, 0.4) is 0 Å². The van der Waals surface area contributed by atoms with Crippen LogP contribution in [0.5, 0.6) is 0 Å². The predicted octanol–water partition coefficient (Wildman–Crippen LogP) is 3.65. The van der Waals surface area contributed by atoms with Gasteiger partial charge in [-0.05, 0) is 24.1 Å². The van der Waals surface area contributed by atoms with E-state index in [1.54, 1.807) is 23.5 Å². The van der Waals surface area contributed by atoms with Crippen LogP contribution < -0.4 is 5.73 Å². The third-order valence-electron chi connectivity index (χ3n) is 3.51. The zero-order chi connectivity index (χ0) is 16.8. The number of thioether (sulfide) groups is 2. The summed E-state index contributed by atoms with van der Waals surface area (Å²) in [5.41, 5.74) is 6.83. The first-order valence-electron chi connectivity index (χ1n) is 7.72. The maximum Gasteiger partial charge on any atom is 0.323 e. The summed E-state index contributed by atoms with van der Waals surface area (Å²) in [7, 11) is 0. The maximum absolute atomic E-state index is 11.9. The monoisotopic (exact) mass is 361 g/mol. The average Bonchev–Trinajstić information content (AvgIpc) is 3.03. The van der Waals surface area contributed by atoms with Crippen LogP contribution in [0, 0.1) is 0 Å². The smallest absolute Gasteiger partial charge is 0.323 e. The van der Waals surface area contributed by atoms with Crippen molar-refractivity contribution in [1.29, 1.82) is 0 Å².